The smallest absolute Gasteiger partial charge is 0.231 e. The summed E-state index contributed by atoms with van der Waals surface area (Å²) in [7, 11) is 4.94. The fraction of sp³-hybridized carbons (Fsp3) is 0.222. The highest BCUT2D eigenvalue weighted by Crippen LogP contribution is 2.43. The van der Waals surface area contributed by atoms with Crippen molar-refractivity contribution in [3.8, 4) is 23.0 Å². The Morgan fingerprint density at radius 2 is 1.85 bits per heavy atom. The van der Waals surface area contributed by atoms with Gasteiger partial charge in [-0.15, -0.1) is 12.6 Å². The largest absolute Gasteiger partial charge is 0.496 e. The molecular weight excluding hydrogens is 354 g/mol. The topological polar surface area (TPSA) is 87.0 Å². The van der Waals surface area contributed by atoms with E-state index in [0.717, 1.165) is 11.1 Å². The van der Waals surface area contributed by atoms with Gasteiger partial charge < -0.3 is 30.1 Å². The van der Waals surface area contributed by atoms with Gasteiger partial charge in [0, 0.05) is 23.1 Å². The predicted molar refractivity (Wildman–Crippen MR) is 103 cm³/mol. The van der Waals surface area contributed by atoms with Crippen molar-refractivity contribution < 1.29 is 18.9 Å². The van der Waals surface area contributed by atoms with Crippen molar-refractivity contribution in [1.29, 1.82) is 0 Å². The first-order chi connectivity index (χ1) is 12.6. The van der Waals surface area contributed by atoms with Crippen LogP contribution in [0.4, 0.5) is 0 Å². The molecule has 1 heterocycles. The fourth-order valence-corrected chi connectivity index (χ4v) is 3.00. The minimum Gasteiger partial charge on any atom is -0.496 e. The van der Waals surface area contributed by atoms with E-state index >= 15 is 0 Å². The van der Waals surface area contributed by atoms with Gasteiger partial charge in [0.05, 0.1) is 25.6 Å². The van der Waals surface area contributed by atoms with E-state index in [4.69, 9.17) is 24.7 Å². The normalized spacial score (nSPS) is 13.2. The molecule has 1 aliphatic rings. The number of benzene rings is 2. The van der Waals surface area contributed by atoms with E-state index in [2.05, 4.69) is 23.5 Å². The number of rotatable bonds is 6. The zero-order valence-corrected chi connectivity index (χ0v) is 15.6. The number of fused-ring (bicyclic) bond motifs is 1. The van der Waals surface area contributed by atoms with Gasteiger partial charge in [0.25, 0.3) is 0 Å². The molecular formula is C18H21N3O4S. The van der Waals surface area contributed by atoms with Crippen LogP contribution in [0.5, 0.6) is 23.0 Å². The lowest BCUT2D eigenvalue weighted by Crippen LogP contribution is -2.28. The van der Waals surface area contributed by atoms with Crippen LogP contribution in [0.25, 0.3) is 11.4 Å². The van der Waals surface area contributed by atoms with E-state index in [9.17, 15) is 0 Å². The summed E-state index contributed by atoms with van der Waals surface area (Å²) in [5, 5.41) is 0. The average molecular weight is 375 g/mol. The lowest BCUT2D eigenvalue weighted by Gasteiger charge is -2.16. The number of hydrazine groups is 1. The van der Waals surface area contributed by atoms with E-state index in [1.807, 2.05) is 30.3 Å². The summed E-state index contributed by atoms with van der Waals surface area (Å²) < 4.78 is 21.6. The molecule has 0 fully saturated rings. The summed E-state index contributed by atoms with van der Waals surface area (Å²) in [5.41, 5.74) is 15.2. The molecule has 138 valence electrons. The quantitative estimate of drug-likeness (QED) is 0.350. The Kier molecular flexibility index (Phi) is 5.34. The molecule has 7 nitrogen and oxygen atoms in total. The highest BCUT2D eigenvalue weighted by Gasteiger charge is 2.22. The van der Waals surface area contributed by atoms with Gasteiger partial charge in [0.15, 0.2) is 11.5 Å². The summed E-state index contributed by atoms with van der Waals surface area (Å²) in [6.45, 7) is 0.155. The summed E-state index contributed by atoms with van der Waals surface area (Å²) in [5.74, 6) is 2.42. The zero-order valence-electron chi connectivity index (χ0n) is 14.8. The second kappa shape index (κ2) is 7.67. The molecule has 0 aliphatic carbocycles. The molecule has 0 radical (unpaired) electrons. The predicted octanol–water partition coefficient (Wildman–Crippen LogP) is 2.23. The van der Waals surface area contributed by atoms with Gasteiger partial charge in [-0.25, -0.2) is 5.43 Å². The molecule has 26 heavy (non-hydrogen) atoms. The Morgan fingerprint density at radius 1 is 1.08 bits per heavy atom. The first-order valence-electron chi connectivity index (χ1n) is 7.87. The Morgan fingerprint density at radius 3 is 2.50 bits per heavy atom. The maximum atomic E-state index is 6.46. The molecule has 0 bridgehead atoms. The number of ether oxygens (including phenoxy) is 4. The molecule has 0 atom stereocenters. The molecule has 4 N–H and O–H groups in total. The first kappa shape index (κ1) is 18.1. The van der Waals surface area contributed by atoms with Crippen molar-refractivity contribution in [2.45, 2.75) is 4.90 Å². The highest BCUT2D eigenvalue weighted by atomic mass is 32.1. The van der Waals surface area contributed by atoms with E-state index in [1.54, 1.807) is 21.3 Å². The number of thiol groups is 1. The van der Waals surface area contributed by atoms with Crippen molar-refractivity contribution in [3.05, 3.63) is 41.5 Å². The lowest BCUT2D eigenvalue weighted by molar-refractivity contribution is 0.171. The SMILES string of the molecule is CNN/C(=C(\N)c1cc(OC)c2c(c1)OCO2)c1ccc(OC)c(S)c1. The second-order valence-electron chi connectivity index (χ2n) is 5.46. The van der Waals surface area contributed by atoms with Crippen LogP contribution in [0, 0.1) is 0 Å². The van der Waals surface area contributed by atoms with Crippen molar-refractivity contribution in [1.82, 2.24) is 10.9 Å². The molecule has 0 aromatic heterocycles. The van der Waals surface area contributed by atoms with Crippen molar-refractivity contribution in [3.63, 3.8) is 0 Å². The zero-order chi connectivity index (χ0) is 18.7. The molecule has 0 amide bonds. The summed E-state index contributed by atoms with van der Waals surface area (Å²) in [6.07, 6.45) is 0. The van der Waals surface area contributed by atoms with Crippen LogP contribution in [-0.4, -0.2) is 28.1 Å². The third-order valence-electron chi connectivity index (χ3n) is 3.96. The van der Waals surface area contributed by atoms with Crippen molar-refractivity contribution in [2.75, 3.05) is 28.1 Å². The van der Waals surface area contributed by atoms with E-state index in [1.165, 1.54) is 0 Å². The van der Waals surface area contributed by atoms with Gasteiger partial charge in [-0.2, -0.15) is 0 Å². The average Bonchev–Trinajstić information content (AvgIpc) is 3.13. The van der Waals surface area contributed by atoms with Gasteiger partial charge in [0.1, 0.15) is 5.75 Å². The monoisotopic (exact) mass is 375 g/mol. The van der Waals surface area contributed by atoms with Crippen molar-refractivity contribution >= 4 is 24.0 Å². The van der Waals surface area contributed by atoms with Crippen LogP contribution in [0.1, 0.15) is 11.1 Å². The van der Waals surface area contributed by atoms with Crippen LogP contribution < -0.4 is 35.5 Å². The van der Waals surface area contributed by atoms with Crippen LogP contribution in [0.15, 0.2) is 35.2 Å². The number of hydrogen-bond donors (Lipinski definition) is 4. The van der Waals surface area contributed by atoms with E-state index < -0.39 is 0 Å². The van der Waals surface area contributed by atoms with Crippen LogP contribution >= 0.6 is 12.6 Å². The molecule has 0 saturated heterocycles. The third kappa shape index (κ3) is 3.33. The van der Waals surface area contributed by atoms with Crippen LogP contribution in [0.3, 0.4) is 0 Å². The minimum atomic E-state index is 0.155. The molecule has 2 aromatic carbocycles. The Hall–Kier alpha value is -2.71. The molecule has 1 aliphatic heterocycles. The summed E-state index contributed by atoms with van der Waals surface area (Å²) in [4.78, 5) is 0.705. The maximum absolute atomic E-state index is 6.46. The number of methoxy groups -OCH3 is 2. The Balaban J connectivity index is 2.11. The summed E-state index contributed by atoms with van der Waals surface area (Å²) >= 11 is 4.46. The second-order valence-corrected chi connectivity index (χ2v) is 5.94. The number of nitrogens with two attached hydrogens (primary N) is 1. The highest BCUT2D eigenvalue weighted by molar-refractivity contribution is 7.80. The maximum Gasteiger partial charge on any atom is 0.231 e. The Labute approximate surface area is 157 Å². The van der Waals surface area contributed by atoms with Gasteiger partial charge in [-0.05, 0) is 30.3 Å². The molecule has 8 heteroatoms. The van der Waals surface area contributed by atoms with Crippen molar-refractivity contribution in [2.24, 2.45) is 5.73 Å². The fourth-order valence-electron chi connectivity index (χ4n) is 2.69. The standard InChI is InChI=1S/C18H21N3O4S/c1-20-21-17(10-4-5-12(22-2)15(26)8-10)16(19)11-6-13(23-3)18-14(7-11)24-9-25-18/h4-8,20-21,26H,9,19H2,1-3H3/b17-16-. The number of nitrogens with one attached hydrogen (secondary N) is 2. The van der Waals surface area contributed by atoms with Crippen LogP contribution in [-0.2, 0) is 0 Å². The summed E-state index contributed by atoms with van der Waals surface area (Å²) in [6, 6.07) is 9.24. The molecule has 0 spiro atoms. The van der Waals surface area contributed by atoms with Gasteiger partial charge in [-0.1, -0.05) is 0 Å². The lowest BCUT2D eigenvalue weighted by atomic mass is 10.0. The number of hydrogen-bond acceptors (Lipinski definition) is 8. The van der Waals surface area contributed by atoms with Gasteiger partial charge in [0.2, 0.25) is 12.5 Å². The van der Waals surface area contributed by atoms with E-state index in [-0.39, 0.29) is 6.79 Å². The molecule has 0 saturated carbocycles. The van der Waals surface area contributed by atoms with Gasteiger partial charge in [-0.3, -0.25) is 0 Å². The first-order valence-corrected chi connectivity index (χ1v) is 8.31. The molecule has 2 aromatic rings. The Bertz CT molecular complexity index is 855. The van der Waals surface area contributed by atoms with Crippen LogP contribution in [0.2, 0.25) is 0 Å². The third-order valence-corrected chi connectivity index (χ3v) is 4.31. The molecule has 0 unspecified atom stereocenters. The molecule has 3 rings (SSSR count). The van der Waals surface area contributed by atoms with Gasteiger partial charge >= 0.3 is 0 Å². The minimum absolute atomic E-state index is 0.155. The van der Waals surface area contributed by atoms with E-state index in [0.29, 0.717) is 39.3 Å².